The third-order valence-corrected chi connectivity index (χ3v) is 8.27. The zero-order chi connectivity index (χ0) is 26.5. The molecule has 0 aliphatic carbocycles. The number of aromatic nitrogens is 2. The summed E-state index contributed by atoms with van der Waals surface area (Å²) < 4.78 is 33.0. The van der Waals surface area contributed by atoms with Crippen molar-refractivity contribution in [2.45, 2.75) is 24.5 Å². The summed E-state index contributed by atoms with van der Waals surface area (Å²) in [6.07, 6.45) is 0. The van der Waals surface area contributed by atoms with Gasteiger partial charge in [0.25, 0.3) is 0 Å². The van der Waals surface area contributed by atoms with E-state index < -0.39 is 9.84 Å². The number of para-hydroxylation sites is 2. The fraction of sp³-hybridized carbons (Fsp3) is 0.100. The van der Waals surface area contributed by atoms with E-state index in [2.05, 4.69) is 4.37 Å². The maximum Gasteiger partial charge on any atom is 0.215 e. The van der Waals surface area contributed by atoms with E-state index in [1.807, 2.05) is 98.8 Å². The first-order valence-corrected chi connectivity index (χ1v) is 14.5. The number of sulfone groups is 1. The second kappa shape index (κ2) is 11.1. The molecule has 0 unspecified atom stereocenters. The molecule has 0 amide bonds. The molecule has 8 heteroatoms. The van der Waals surface area contributed by atoms with Crippen LogP contribution >= 0.6 is 11.5 Å². The van der Waals surface area contributed by atoms with Gasteiger partial charge in [0.1, 0.15) is 11.6 Å². The SMILES string of the molecule is Cc1ccc(C(=Nc2ccccc2)N=c2snc(CS(=O)(=O)c3ccc(C)cc3)n2-c2ccccc2)cc1. The summed E-state index contributed by atoms with van der Waals surface area (Å²) in [6, 6.07) is 34.0. The van der Waals surface area contributed by atoms with Crippen molar-refractivity contribution in [3.05, 3.63) is 137 Å². The highest BCUT2D eigenvalue weighted by Gasteiger charge is 2.21. The van der Waals surface area contributed by atoms with Crippen LogP contribution in [0, 0.1) is 13.8 Å². The lowest BCUT2D eigenvalue weighted by molar-refractivity contribution is 0.593. The molecule has 0 radical (unpaired) electrons. The van der Waals surface area contributed by atoms with Crippen molar-refractivity contribution in [1.29, 1.82) is 0 Å². The van der Waals surface area contributed by atoms with Crippen molar-refractivity contribution in [2.75, 3.05) is 0 Å². The molecule has 0 atom stereocenters. The molecule has 0 aliphatic rings. The average molecular weight is 539 g/mol. The van der Waals surface area contributed by atoms with Crippen molar-refractivity contribution in [1.82, 2.24) is 8.94 Å². The Balaban J connectivity index is 1.67. The fourth-order valence-electron chi connectivity index (χ4n) is 3.85. The second-order valence-corrected chi connectivity index (χ2v) is 11.6. The molecule has 0 saturated carbocycles. The first kappa shape index (κ1) is 25.5. The van der Waals surface area contributed by atoms with E-state index in [0.717, 1.165) is 39.6 Å². The summed E-state index contributed by atoms with van der Waals surface area (Å²) in [6.45, 7) is 3.96. The number of hydrogen-bond acceptors (Lipinski definition) is 5. The quantitative estimate of drug-likeness (QED) is 0.191. The van der Waals surface area contributed by atoms with E-state index in [1.54, 1.807) is 28.8 Å². The van der Waals surface area contributed by atoms with Crippen molar-refractivity contribution < 1.29 is 8.42 Å². The van der Waals surface area contributed by atoms with Crippen LogP contribution < -0.4 is 4.80 Å². The Labute approximate surface area is 226 Å². The van der Waals surface area contributed by atoms with Crippen LogP contribution in [0.3, 0.4) is 0 Å². The molecular weight excluding hydrogens is 512 g/mol. The van der Waals surface area contributed by atoms with Gasteiger partial charge >= 0.3 is 0 Å². The third kappa shape index (κ3) is 5.88. The topological polar surface area (TPSA) is 76.7 Å². The summed E-state index contributed by atoms with van der Waals surface area (Å²) in [7, 11) is -3.63. The van der Waals surface area contributed by atoms with E-state index in [9.17, 15) is 8.42 Å². The molecule has 190 valence electrons. The Morgan fingerprint density at radius 1 is 0.789 bits per heavy atom. The molecule has 1 aromatic heterocycles. The van der Waals surface area contributed by atoms with Crippen LogP contribution in [-0.2, 0) is 15.6 Å². The Morgan fingerprint density at radius 3 is 2.00 bits per heavy atom. The van der Waals surface area contributed by atoms with Gasteiger partial charge in [0, 0.05) is 22.8 Å². The van der Waals surface area contributed by atoms with Crippen LogP contribution in [0.2, 0.25) is 0 Å². The zero-order valence-electron chi connectivity index (χ0n) is 21.0. The lowest BCUT2D eigenvalue weighted by Gasteiger charge is -2.09. The van der Waals surface area contributed by atoms with E-state index >= 15 is 0 Å². The molecule has 38 heavy (non-hydrogen) atoms. The number of amidine groups is 1. The predicted molar refractivity (Wildman–Crippen MR) is 153 cm³/mol. The smallest absolute Gasteiger partial charge is 0.215 e. The monoisotopic (exact) mass is 538 g/mol. The van der Waals surface area contributed by atoms with Crippen LogP contribution in [0.5, 0.6) is 0 Å². The second-order valence-electron chi connectivity index (χ2n) is 8.87. The number of benzene rings is 4. The molecule has 0 fully saturated rings. The molecule has 0 saturated heterocycles. The summed E-state index contributed by atoms with van der Waals surface area (Å²) in [5.41, 5.74) is 4.52. The number of rotatable bonds is 6. The molecule has 0 spiro atoms. The highest BCUT2D eigenvalue weighted by Crippen LogP contribution is 2.19. The van der Waals surface area contributed by atoms with Gasteiger partial charge in [-0.15, -0.1) is 0 Å². The Morgan fingerprint density at radius 2 is 1.37 bits per heavy atom. The van der Waals surface area contributed by atoms with Crippen molar-refractivity contribution >= 4 is 32.9 Å². The Kier molecular flexibility index (Phi) is 7.44. The van der Waals surface area contributed by atoms with Gasteiger partial charge in [-0.1, -0.05) is 83.9 Å². The van der Waals surface area contributed by atoms with E-state index in [1.165, 1.54) is 0 Å². The Bertz CT molecular complexity index is 1740. The standard InChI is InChI=1S/C30H26N4O2S2/c1-22-13-17-24(18-14-22)29(31-25-9-5-3-6-10-25)32-30-34(26-11-7-4-8-12-26)28(33-37-30)21-38(35,36)27-19-15-23(2)16-20-27/h3-20H,21H2,1-2H3. The van der Waals surface area contributed by atoms with Gasteiger partial charge in [-0.2, -0.15) is 9.37 Å². The van der Waals surface area contributed by atoms with Crippen molar-refractivity contribution in [3.63, 3.8) is 0 Å². The van der Waals surface area contributed by atoms with Crippen LogP contribution in [-0.4, -0.2) is 23.2 Å². The minimum Gasteiger partial charge on any atom is -0.271 e. The number of nitrogens with zero attached hydrogens (tertiary/aromatic N) is 4. The molecule has 4 aromatic carbocycles. The van der Waals surface area contributed by atoms with Crippen LogP contribution in [0.25, 0.3) is 5.69 Å². The lowest BCUT2D eigenvalue weighted by atomic mass is 10.1. The highest BCUT2D eigenvalue weighted by molar-refractivity contribution is 7.90. The van der Waals surface area contributed by atoms with E-state index in [4.69, 9.17) is 9.98 Å². The average Bonchev–Trinajstić information content (AvgIpc) is 3.31. The summed E-state index contributed by atoms with van der Waals surface area (Å²) in [4.78, 5) is 10.6. The normalized spacial score (nSPS) is 12.6. The van der Waals surface area contributed by atoms with Crippen molar-refractivity contribution in [2.24, 2.45) is 9.98 Å². The molecule has 1 heterocycles. The minimum absolute atomic E-state index is 0.257. The number of hydrogen-bond donors (Lipinski definition) is 0. The van der Waals surface area contributed by atoms with Gasteiger partial charge in [-0.3, -0.25) is 4.57 Å². The van der Waals surface area contributed by atoms with Crippen LogP contribution in [0.1, 0.15) is 22.5 Å². The van der Waals surface area contributed by atoms with Gasteiger partial charge in [-0.25, -0.2) is 13.4 Å². The molecular formula is C30H26N4O2S2. The maximum atomic E-state index is 13.3. The van der Waals surface area contributed by atoms with Crippen LogP contribution in [0.15, 0.2) is 124 Å². The first-order chi connectivity index (χ1) is 18.4. The van der Waals surface area contributed by atoms with Gasteiger partial charge in [0.15, 0.2) is 15.7 Å². The highest BCUT2D eigenvalue weighted by atomic mass is 32.2. The zero-order valence-corrected chi connectivity index (χ0v) is 22.7. The van der Waals surface area contributed by atoms with Crippen molar-refractivity contribution in [3.8, 4) is 5.69 Å². The molecule has 0 bridgehead atoms. The molecule has 5 aromatic rings. The van der Waals surface area contributed by atoms with Gasteiger partial charge < -0.3 is 0 Å². The van der Waals surface area contributed by atoms with E-state index in [0.29, 0.717) is 16.5 Å². The molecule has 0 N–H and O–H groups in total. The molecule has 6 nitrogen and oxygen atoms in total. The summed E-state index contributed by atoms with van der Waals surface area (Å²) in [5.74, 6) is 0.646. The minimum atomic E-state index is -3.63. The summed E-state index contributed by atoms with van der Waals surface area (Å²) in [5, 5.41) is 0. The van der Waals surface area contributed by atoms with E-state index in [-0.39, 0.29) is 10.6 Å². The van der Waals surface area contributed by atoms with Gasteiger partial charge in [0.05, 0.1) is 10.6 Å². The summed E-state index contributed by atoms with van der Waals surface area (Å²) >= 11 is 1.15. The molecule has 5 rings (SSSR count). The number of aliphatic imine (C=N–C) groups is 1. The lowest BCUT2D eigenvalue weighted by Crippen LogP contribution is -2.20. The van der Waals surface area contributed by atoms with Crippen LogP contribution in [0.4, 0.5) is 5.69 Å². The van der Waals surface area contributed by atoms with Gasteiger partial charge in [0.2, 0.25) is 4.80 Å². The third-order valence-electron chi connectivity index (χ3n) is 5.90. The largest absolute Gasteiger partial charge is 0.271 e. The maximum absolute atomic E-state index is 13.3. The van der Waals surface area contributed by atoms with Gasteiger partial charge in [-0.05, 0) is 50.2 Å². The fourth-order valence-corrected chi connectivity index (χ4v) is 5.94. The number of aryl methyl sites for hydroxylation is 2. The Hall–Kier alpha value is -4.14. The first-order valence-electron chi connectivity index (χ1n) is 12.1. The molecule has 0 aliphatic heterocycles. The predicted octanol–water partition coefficient (Wildman–Crippen LogP) is 6.20.